The Bertz CT molecular complexity index is 1460. The molecule has 1 fully saturated rings. The summed E-state index contributed by atoms with van der Waals surface area (Å²) in [5.41, 5.74) is 8.42. The highest BCUT2D eigenvalue weighted by atomic mass is 19.1. The van der Waals surface area contributed by atoms with Crippen molar-refractivity contribution in [2.45, 2.75) is 52.4 Å². The quantitative estimate of drug-likeness (QED) is 0.118. The molecule has 0 unspecified atom stereocenters. The molecule has 43 heavy (non-hydrogen) atoms. The first-order valence-electron chi connectivity index (χ1n) is 14.7. The van der Waals surface area contributed by atoms with E-state index in [1.165, 1.54) is 30.3 Å². The molecule has 1 aliphatic rings. The average molecular weight is 592 g/mol. The van der Waals surface area contributed by atoms with Gasteiger partial charge in [0, 0.05) is 54.9 Å². The Morgan fingerprint density at radius 2 is 1.74 bits per heavy atom. The predicted molar refractivity (Wildman–Crippen MR) is 167 cm³/mol. The number of benzene rings is 2. The van der Waals surface area contributed by atoms with Gasteiger partial charge in [-0.3, -0.25) is 9.59 Å². The fourth-order valence-electron chi connectivity index (χ4n) is 4.67. The Morgan fingerprint density at radius 1 is 1.05 bits per heavy atom. The van der Waals surface area contributed by atoms with Crippen LogP contribution in [0.5, 0.6) is 0 Å². The monoisotopic (exact) mass is 591 g/mol. The molecule has 10 heteroatoms. The summed E-state index contributed by atoms with van der Waals surface area (Å²) in [6.45, 7) is 6.07. The van der Waals surface area contributed by atoms with Gasteiger partial charge in [0.2, 0.25) is 11.8 Å². The number of halogens is 2. The Balaban J connectivity index is 1.48. The molecule has 0 bridgehead atoms. The summed E-state index contributed by atoms with van der Waals surface area (Å²) in [6.07, 6.45) is 9.34. The maximum absolute atomic E-state index is 15.4. The standard InChI is InChI=1S/C33H39F2N5O3/c1-3-5-17-37-29-23(8-6-7-18-43-4-2)21-38-30(36)27(29)19-22-9-12-26(20-28(22)35)40-32(42)33(15-16-33)31(41)39-25-13-10-24(34)11-14-25/h6,8-14,20-21H,3-5,7,15-19H2,1-2H3,(H,39,41)(H,40,42)(H3,36,37,38)/b8-6+. The highest BCUT2D eigenvalue weighted by Gasteiger charge is 2.56. The van der Waals surface area contributed by atoms with Crippen LogP contribution in [0, 0.1) is 17.0 Å². The maximum atomic E-state index is 15.4. The Hall–Kier alpha value is -4.31. The van der Waals surface area contributed by atoms with Crippen molar-refractivity contribution in [2.75, 3.05) is 41.4 Å². The number of nitrogens with one attached hydrogen (secondary N) is 3. The number of carbonyl (C=O) groups excluding carboxylic acids is 2. The molecule has 1 aromatic heterocycles. The molecule has 5 N–H and O–H groups in total. The van der Waals surface area contributed by atoms with Gasteiger partial charge in [0.25, 0.3) is 0 Å². The van der Waals surface area contributed by atoms with Crippen molar-refractivity contribution in [3.05, 3.63) is 83.1 Å². The molecule has 3 aromatic rings. The summed E-state index contributed by atoms with van der Waals surface area (Å²) in [4.78, 5) is 30.3. The smallest absolute Gasteiger partial charge is 0.240 e. The highest BCUT2D eigenvalue weighted by Crippen LogP contribution is 2.47. The summed E-state index contributed by atoms with van der Waals surface area (Å²) in [7, 11) is 0. The lowest BCUT2D eigenvalue weighted by molar-refractivity contribution is -0.131. The van der Waals surface area contributed by atoms with Crippen LogP contribution in [0.1, 0.15) is 62.6 Å². The van der Waals surface area contributed by atoms with E-state index in [9.17, 15) is 14.0 Å². The van der Waals surface area contributed by atoms with Crippen molar-refractivity contribution in [1.29, 1.82) is 0 Å². The molecular weight excluding hydrogens is 552 g/mol. The van der Waals surface area contributed by atoms with Gasteiger partial charge in [-0.15, -0.1) is 0 Å². The second-order valence-corrected chi connectivity index (χ2v) is 10.6. The second kappa shape index (κ2) is 14.7. The van der Waals surface area contributed by atoms with E-state index in [-0.39, 0.29) is 12.1 Å². The van der Waals surface area contributed by atoms with Crippen molar-refractivity contribution in [3.63, 3.8) is 0 Å². The van der Waals surface area contributed by atoms with Gasteiger partial charge in [0.15, 0.2) is 0 Å². The van der Waals surface area contributed by atoms with Gasteiger partial charge in [-0.25, -0.2) is 13.8 Å². The first-order valence-corrected chi connectivity index (χ1v) is 14.7. The summed E-state index contributed by atoms with van der Waals surface area (Å²) < 4.78 is 34.0. The molecule has 1 aliphatic carbocycles. The molecule has 2 amide bonds. The van der Waals surface area contributed by atoms with E-state index in [1.807, 2.05) is 19.1 Å². The van der Waals surface area contributed by atoms with E-state index in [2.05, 4.69) is 27.9 Å². The minimum Gasteiger partial charge on any atom is -0.384 e. The molecule has 0 aliphatic heterocycles. The van der Waals surface area contributed by atoms with Gasteiger partial charge >= 0.3 is 0 Å². The van der Waals surface area contributed by atoms with E-state index in [0.717, 1.165) is 37.1 Å². The average Bonchev–Trinajstić information content (AvgIpc) is 3.80. The van der Waals surface area contributed by atoms with Crippen molar-refractivity contribution < 1.29 is 23.1 Å². The molecular formula is C33H39F2N5O3. The largest absolute Gasteiger partial charge is 0.384 e. The van der Waals surface area contributed by atoms with Crippen molar-refractivity contribution in [2.24, 2.45) is 5.41 Å². The number of ether oxygens (including phenoxy) is 1. The number of unbranched alkanes of at least 4 members (excludes halogenated alkanes) is 1. The lowest BCUT2D eigenvalue weighted by atomic mass is 9.99. The number of amides is 2. The van der Waals surface area contributed by atoms with Gasteiger partial charge in [0.05, 0.1) is 5.69 Å². The number of hydrogen-bond acceptors (Lipinski definition) is 6. The maximum Gasteiger partial charge on any atom is 0.240 e. The van der Waals surface area contributed by atoms with E-state index < -0.39 is 28.9 Å². The number of pyridine rings is 1. The molecule has 0 radical (unpaired) electrons. The third-order valence-corrected chi connectivity index (χ3v) is 7.40. The third kappa shape index (κ3) is 8.16. The molecule has 2 aromatic carbocycles. The first kappa shape index (κ1) is 31.6. The number of nitrogen functional groups attached to an aromatic ring is 1. The van der Waals surface area contributed by atoms with Gasteiger partial charge < -0.3 is 26.4 Å². The molecule has 0 spiro atoms. The topological polar surface area (TPSA) is 118 Å². The van der Waals surface area contributed by atoms with E-state index in [4.69, 9.17) is 10.5 Å². The van der Waals surface area contributed by atoms with E-state index >= 15 is 4.39 Å². The van der Waals surface area contributed by atoms with Gasteiger partial charge in [0.1, 0.15) is 22.9 Å². The Kier molecular flexibility index (Phi) is 10.8. The number of carbonyl (C=O) groups is 2. The zero-order chi connectivity index (χ0) is 30.8. The molecule has 4 rings (SSSR count). The third-order valence-electron chi connectivity index (χ3n) is 7.40. The van der Waals surface area contributed by atoms with Crippen LogP contribution < -0.4 is 21.7 Å². The predicted octanol–water partition coefficient (Wildman–Crippen LogP) is 6.54. The van der Waals surface area contributed by atoms with Gasteiger partial charge in [-0.1, -0.05) is 31.6 Å². The van der Waals surface area contributed by atoms with Crippen LogP contribution in [0.4, 0.5) is 31.7 Å². The van der Waals surface area contributed by atoms with E-state index in [0.29, 0.717) is 48.7 Å². The molecule has 0 saturated heterocycles. The van der Waals surface area contributed by atoms with Crippen LogP contribution in [0.15, 0.2) is 54.7 Å². The molecule has 228 valence electrons. The summed E-state index contributed by atoms with van der Waals surface area (Å²) in [5, 5.41) is 8.82. The Labute approximate surface area is 251 Å². The zero-order valence-corrected chi connectivity index (χ0v) is 24.6. The lowest BCUT2D eigenvalue weighted by Crippen LogP contribution is -2.35. The van der Waals surface area contributed by atoms with Crippen LogP contribution in [-0.2, 0) is 20.7 Å². The number of anilines is 4. The zero-order valence-electron chi connectivity index (χ0n) is 24.6. The minimum atomic E-state index is -1.25. The molecule has 1 saturated carbocycles. The summed E-state index contributed by atoms with van der Waals surface area (Å²) in [5.74, 6) is -1.63. The Morgan fingerprint density at radius 3 is 2.40 bits per heavy atom. The number of nitrogens with two attached hydrogens (primary N) is 1. The van der Waals surface area contributed by atoms with Crippen LogP contribution in [0.3, 0.4) is 0 Å². The van der Waals surface area contributed by atoms with Crippen LogP contribution >= 0.6 is 0 Å². The minimum absolute atomic E-state index is 0.192. The fourth-order valence-corrected chi connectivity index (χ4v) is 4.67. The van der Waals surface area contributed by atoms with Crippen molar-refractivity contribution in [1.82, 2.24) is 4.98 Å². The van der Waals surface area contributed by atoms with Crippen LogP contribution in [-0.4, -0.2) is 36.6 Å². The van der Waals surface area contributed by atoms with Gasteiger partial charge in [-0.2, -0.15) is 0 Å². The van der Waals surface area contributed by atoms with Crippen molar-refractivity contribution >= 4 is 40.8 Å². The van der Waals surface area contributed by atoms with Crippen LogP contribution in [0.2, 0.25) is 0 Å². The summed E-state index contributed by atoms with van der Waals surface area (Å²) in [6, 6.07) is 9.76. The number of nitrogens with zero attached hydrogens (tertiary/aromatic N) is 1. The highest BCUT2D eigenvalue weighted by molar-refractivity contribution is 6.16. The molecule has 8 nitrogen and oxygen atoms in total. The number of rotatable bonds is 15. The summed E-state index contributed by atoms with van der Waals surface area (Å²) >= 11 is 0. The van der Waals surface area contributed by atoms with Crippen LogP contribution in [0.25, 0.3) is 6.08 Å². The second-order valence-electron chi connectivity index (χ2n) is 10.6. The molecule has 1 heterocycles. The van der Waals surface area contributed by atoms with Crippen molar-refractivity contribution in [3.8, 4) is 0 Å². The normalized spacial score (nSPS) is 13.6. The van der Waals surface area contributed by atoms with E-state index in [1.54, 1.807) is 18.3 Å². The number of hydrogen-bond donors (Lipinski definition) is 4. The fraction of sp³-hybridized carbons (Fsp3) is 0.364. The number of aromatic nitrogens is 1. The lowest BCUT2D eigenvalue weighted by Gasteiger charge is -2.18. The van der Waals surface area contributed by atoms with Gasteiger partial charge in [-0.05, 0) is 74.6 Å². The first-order chi connectivity index (χ1) is 20.8. The molecule has 0 atom stereocenters. The SMILES string of the molecule is CCCCNc1c(/C=C/CCOCC)cnc(N)c1Cc1ccc(NC(=O)C2(C(=O)Nc3ccc(F)cc3)CC2)cc1F.